The molecule has 0 amide bonds. The second kappa shape index (κ2) is 12.0. The van der Waals surface area contributed by atoms with Crippen LogP contribution in [0.25, 0.3) is 0 Å². The van der Waals surface area contributed by atoms with Gasteiger partial charge in [-0.05, 0) is 18.8 Å². The van der Waals surface area contributed by atoms with Crippen LogP contribution in [0.4, 0.5) is 0 Å². The summed E-state index contributed by atoms with van der Waals surface area (Å²) in [5, 5.41) is 9.19. The summed E-state index contributed by atoms with van der Waals surface area (Å²) in [5.41, 5.74) is 0. The van der Waals surface area contributed by atoms with Crippen molar-refractivity contribution in [2.24, 2.45) is 5.92 Å². The van der Waals surface area contributed by atoms with Crippen LogP contribution in [-0.4, -0.2) is 11.7 Å². The Bertz CT molecular complexity index is 112. The lowest BCUT2D eigenvalue weighted by molar-refractivity contribution is 0.205. The highest BCUT2D eigenvalue weighted by atomic mass is 16.3. The van der Waals surface area contributed by atoms with E-state index >= 15 is 0 Å². The number of unbranched alkanes of at least 4 members (excludes halogenated alkanes) is 6. The standard InChI is InChI=1S/C14H30O/c1-3-5-7-8-9-10-12-14(13-15)11-6-4-2/h14-15H,3-13H2,1-2H3/t14-/m1/s1. The van der Waals surface area contributed by atoms with Gasteiger partial charge in [0.15, 0.2) is 0 Å². The third kappa shape index (κ3) is 10.2. The lowest BCUT2D eigenvalue weighted by atomic mass is 9.96. The number of aliphatic hydroxyl groups is 1. The second-order valence-electron chi connectivity index (χ2n) is 4.75. The fourth-order valence-electron chi connectivity index (χ4n) is 2.03. The third-order valence-electron chi connectivity index (χ3n) is 3.19. The highest BCUT2D eigenvalue weighted by Crippen LogP contribution is 2.17. The first-order valence-corrected chi connectivity index (χ1v) is 6.96. The summed E-state index contributed by atoms with van der Waals surface area (Å²) in [5.74, 6) is 0.580. The molecule has 0 radical (unpaired) electrons. The largest absolute Gasteiger partial charge is 0.396 e. The molecule has 92 valence electrons. The molecule has 0 aliphatic rings. The van der Waals surface area contributed by atoms with Crippen LogP contribution < -0.4 is 0 Å². The van der Waals surface area contributed by atoms with E-state index in [4.69, 9.17) is 0 Å². The summed E-state index contributed by atoms with van der Waals surface area (Å²) >= 11 is 0. The molecule has 1 N–H and O–H groups in total. The molecule has 0 spiro atoms. The molecule has 0 aromatic carbocycles. The highest BCUT2D eigenvalue weighted by molar-refractivity contribution is 4.58. The molecule has 0 rings (SSSR count). The van der Waals surface area contributed by atoms with Gasteiger partial charge < -0.3 is 5.11 Å². The van der Waals surface area contributed by atoms with Crippen molar-refractivity contribution in [2.75, 3.05) is 6.61 Å². The van der Waals surface area contributed by atoms with Gasteiger partial charge in [-0.2, -0.15) is 0 Å². The maximum absolute atomic E-state index is 9.19. The summed E-state index contributed by atoms with van der Waals surface area (Å²) < 4.78 is 0. The molecular weight excluding hydrogens is 184 g/mol. The van der Waals surface area contributed by atoms with Crippen molar-refractivity contribution >= 4 is 0 Å². The van der Waals surface area contributed by atoms with E-state index in [1.54, 1.807) is 0 Å². The molecular formula is C14H30O. The van der Waals surface area contributed by atoms with Crippen LogP contribution in [0.2, 0.25) is 0 Å². The number of rotatable bonds is 11. The summed E-state index contributed by atoms with van der Waals surface area (Å²) in [6.45, 7) is 4.88. The van der Waals surface area contributed by atoms with Crippen molar-refractivity contribution in [1.29, 1.82) is 0 Å². The molecule has 0 fully saturated rings. The molecule has 1 heteroatoms. The Kier molecular flexibility index (Phi) is 12.0. The first-order valence-electron chi connectivity index (χ1n) is 6.96. The Labute approximate surface area is 96.3 Å². The maximum atomic E-state index is 9.19. The molecule has 0 heterocycles. The molecule has 1 atom stereocenters. The van der Waals surface area contributed by atoms with E-state index in [1.807, 2.05) is 0 Å². The quantitative estimate of drug-likeness (QED) is 0.501. The topological polar surface area (TPSA) is 20.2 Å². The van der Waals surface area contributed by atoms with E-state index in [1.165, 1.54) is 64.2 Å². The SMILES string of the molecule is CCCCCCCC[C@H](CO)CCCC. The van der Waals surface area contributed by atoms with E-state index in [9.17, 15) is 5.11 Å². The van der Waals surface area contributed by atoms with Gasteiger partial charge in [-0.25, -0.2) is 0 Å². The minimum Gasteiger partial charge on any atom is -0.396 e. The van der Waals surface area contributed by atoms with E-state index in [0.29, 0.717) is 12.5 Å². The van der Waals surface area contributed by atoms with Gasteiger partial charge in [0.1, 0.15) is 0 Å². The van der Waals surface area contributed by atoms with Crippen LogP contribution in [0.5, 0.6) is 0 Å². The van der Waals surface area contributed by atoms with Crippen molar-refractivity contribution in [3.8, 4) is 0 Å². The summed E-state index contributed by atoms with van der Waals surface area (Å²) in [6, 6.07) is 0. The Balaban J connectivity index is 3.22. The Morgan fingerprint density at radius 3 is 1.87 bits per heavy atom. The van der Waals surface area contributed by atoms with Gasteiger partial charge in [-0.1, -0.05) is 65.2 Å². The van der Waals surface area contributed by atoms with E-state index in [-0.39, 0.29) is 0 Å². The molecule has 15 heavy (non-hydrogen) atoms. The molecule has 0 aromatic heterocycles. The first-order chi connectivity index (χ1) is 7.35. The zero-order valence-corrected chi connectivity index (χ0v) is 10.8. The fourth-order valence-corrected chi connectivity index (χ4v) is 2.03. The molecule has 0 unspecified atom stereocenters. The van der Waals surface area contributed by atoms with Gasteiger partial charge >= 0.3 is 0 Å². The Hall–Kier alpha value is -0.0400. The van der Waals surface area contributed by atoms with Crippen molar-refractivity contribution in [1.82, 2.24) is 0 Å². The van der Waals surface area contributed by atoms with Crippen molar-refractivity contribution in [3.05, 3.63) is 0 Å². The lowest BCUT2D eigenvalue weighted by Gasteiger charge is -2.12. The van der Waals surface area contributed by atoms with Crippen LogP contribution in [-0.2, 0) is 0 Å². The van der Waals surface area contributed by atoms with Crippen LogP contribution in [0.3, 0.4) is 0 Å². The Morgan fingerprint density at radius 1 is 0.733 bits per heavy atom. The zero-order valence-electron chi connectivity index (χ0n) is 10.8. The molecule has 0 saturated carbocycles. The summed E-state index contributed by atoms with van der Waals surface area (Å²) in [6.07, 6.45) is 13.2. The average molecular weight is 214 g/mol. The number of hydrogen-bond donors (Lipinski definition) is 1. The highest BCUT2D eigenvalue weighted by Gasteiger charge is 2.05. The molecule has 1 nitrogen and oxygen atoms in total. The van der Waals surface area contributed by atoms with Crippen LogP contribution in [0.1, 0.15) is 78.1 Å². The summed E-state index contributed by atoms with van der Waals surface area (Å²) in [4.78, 5) is 0. The minimum atomic E-state index is 0.398. The fraction of sp³-hybridized carbons (Fsp3) is 1.00. The van der Waals surface area contributed by atoms with Gasteiger partial charge in [0.2, 0.25) is 0 Å². The van der Waals surface area contributed by atoms with Gasteiger partial charge in [0.05, 0.1) is 0 Å². The first kappa shape index (κ1) is 15.0. The summed E-state index contributed by atoms with van der Waals surface area (Å²) in [7, 11) is 0. The number of aliphatic hydroxyl groups excluding tert-OH is 1. The normalized spacial score (nSPS) is 13.0. The second-order valence-corrected chi connectivity index (χ2v) is 4.75. The predicted octanol–water partition coefficient (Wildman–Crippen LogP) is 4.54. The van der Waals surface area contributed by atoms with Gasteiger partial charge in [-0.3, -0.25) is 0 Å². The molecule has 0 aromatic rings. The molecule has 0 aliphatic carbocycles. The van der Waals surface area contributed by atoms with Gasteiger partial charge in [0, 0.05) is 6.61 Å². The minimum absolute atomic E-state index is 0.398. The predicted molar refractivity (Wildman–Crippen MR) is 68.1 cm³/mol. The lowest BCUT2D eigenvalue weighted by Crippen LogP contribution is -2.05. The monoisotopic (exact) mass is 214 g/mol. The van der Waals surface area contributed by atoms with Crippen LogP contribution in [0.15, 0.2) is 0 Å². The van der Waals surface area contributed by atoms with E-state index in [0.717, 1.165) is 0 Å². The molecule has 0 saturated heterocycles. The Morgan fingerprint density at radius 2 is 1.27 bits per heavy atom. The zero-order chi connectivity index (χ0) is 11.4. The van der Waals surface area contributed by atoms with Crippen LogP contribution >= 0.6 is 0 Å². The molecule has 0 aliphatic heterocycles. The van der Waals surface area contributed by atoms with E-state index < -0.39 is 0 Å². The van der Waals surface area contributed by atoms with Gasteiger partial charge in [-0.15, -0.1) is 0 Å². The van der Waals surface area contributed by atoms with Crippen molar-refractivity contribution in [3.63, 3.8) is 0 Å². The molecule has 0 bridgehead atoms. The van der Waals surface area contributed by atoms with Crippen molar-refractivity contribution < 1.29 is 5.11 Å². The number of hydrogen-bond acceptors (Lipinski definition) is 1. The van der Waals surface area contributed by atoms with E-state index in [2.05, 4.69) is 13.8 Å². The van der Waals surface area contributed by atoms with Gasteiger partial charge in [0.25, 0.3) is 0 Å². The maximum Gasteiger partial charge on any atom is 0.0459 e. The average Bonchev–Trinajstić information content (AvgIpc) is 2.27. The van der Waals surface area contributed by atoms with Crippen LogP contribution in [0, 0.1) is 5.92 Å². The third-order valence-corrected chi connectivity index (χ3v) is 3.19. The smallest absolute Gasteiger partial charge is 0.0459 e. The van der Waals surface area contributed by atoms with Crippen molar-refractivity contribution in [2.45, 2.75) is 78.1 Å².